The van der Waals surface area contributed by atoms with E-state index in [0.717, 1.165) is 25.7 Å². The molecule has 18 heavy (non-hydrogen) atoms. The number of carboxylic acid groups (broad SMARTS) is 1. The Kier molecular flexibility index (Phi) is 4.31. The van der Waals surface area contributed by atoms with Crippen LogP contribution in [0.15, 0.2) is 24.5 Å². The van der Waals surface area contributed by atoms with Crippen molar-refractivity contribution in [3.05, 3.63) is 30.1 Å². The number of aliphatic carboxylic acids is 1. The lowest BCUT2D eigenvalue weighted by Gasteiger charge is -2.30. The third-order valence-corrected chi connectivity index (χ3v) is 3.72. The molecule has 2 unspecified atom stereocenters. The van der Waals surface area contributed by atoms with E-state index in [9.17, 15) is 4.79 Å². The van der Waals surface area contributed by atoms with Crippen LogP contribution in [-0.4, -0.2) is 22.1 Å². The Morgan fingerprint density at radius 3 is 2.83 bits per heavy atom. The predicted molar refractivity (Wildman–Crippen MR) is 69.2 cm³/mol. The van der Waals surface area contributed by atoms with Crippen LogP contribution < -0.4 is 5.32 Å². The van der Waals surface area contributed by atoms with Crippen LogP contribution in [0.4, 0.5) is 0 Å². The van der Waals surface area contributed by atoms with Crippen molar-refractivity contribution >= 4 is 5.97 Å². The molecule has 2 rings (SSSR count). The van der Waals surface area contributed by atoms with Gasteiger partial charge in [0.15, 0.2) is 0 Å². The van der Waals surface area contributed by atoms with Crippen LogP contribution in [0.5, 0.6) is 0 Å². The van der Waals surface area contributed by atoms with Gasteiger partial charge in [-0.2, -0.15) is 0 Å². The Bertz CT molecular complexity index is 394. The quantitative estimate of drug-likeness (QED) is 0.858. The van der Waals surface area contributed by atoms with E-state index in [1.165, 1.54) is 5.56 Å². The van der Waals surface area contributed by atoms with Gasteiger partial charge in [0.25, 0.3) is 0 Å². The fourth-order valence-electron chi connectivity index (χ4n) is 2.67. The summed E-state index contributed by atoms with van der Waals surface area (Å²) < 4.78 is 0. The van der Waals surface area contributed by atoms with E-state index < -0.39 is 5.97 Å². The summed E-state index contributed by atoms with van der Waals surface area (Å²) in [5.41, 5.74) is 1.20. The summed E-state index contributed by atoms with van der Waals surface area (Å²) in [6.07, 6.45) is 7.20. The maximum Gasteiger partial charge on any atom is 0.306 e. The van der Waals surface area contributed by atoms with Crippen LogP contribution in [0.1, 0.15) is 44.2 Å². The van der Waals surface area contributed by atoms with Crippen molar-refractivity contribution in [2.24, 2.45) is 5.92 Å². The highest BCUT2D eigenvalue weighted by atomic mass is 16.4. The number of nitrogens with one attached hydrogen (secondary N) is 1. The fraction of sp³-hybridized carbons (Fsp3) is 0.571. The maximum atomic E-state index is 11.0. The number of pyridine rings is 1. The van der Waals surface area contributed by atoms with Crippen molar-refractivity contribution in [2.45, 2.75) is 44.7 Å². The van der Waals surface area contributed by atoms with Crippen molar-refractivity contribution in [3.8, 4) is 0 Å². The molecule has 0 bridgehead atoms. The van der Waals surface area contributed by atoms with Gasteiger partial charge >= 0.3 is 5.97 Å². The number of carbonyl (C=O) groups is 1. The topological polar surface area (TPSA) is 62.2 Å². The molecule has 1 saturated carbocycles. The highest BCUT2D eigenvalue weighted by Crippen LogP contribution is 2.26. The zero-order valence-electron chi connectivity index (χ0n) is 10.7. The van der Waals surface area contributed by atoms with E-state index in [2.05, 4.69) is 17.2 Å². The molecule has 0 saturated heterocycles. The first kappa shape index (κ1) is 13.0. The largest absolute Gasteiger partial charge is 0.481 e. The summed E-state index contributed by atoms with van der Waals surface area (Å²) in [6, 6.07) is 4.54. The lowest BCUT2D eigenvalue weighted by molar-refractivity contribution is -0.143. The molecular weight excluding hydrogens is 228 g/mol. The van der Waals surface area contributed by atoms with Crippen molar-refractivity contribution in [3.63, 3.8) is 0 Å². The Morgan fingerprint density at radius 2 is 2.17 bits per heavy atom. The van der Waals surface area contributed by atoms with Gasteiger partial charge in [-0.3, -0.25) is 9.78 Å². The molecule has 2 N–H and O–H groups in total. The fourth-order valence-corrected chi connectivity index (χ4v) is 2.67. The van der Waals surface area contributed by atoms with Gasteiger partial charge in [-0.05, 0) is 43.9 Å². The van der Waals surface area contributed by atoms with Gasteiger partial charge in [0.1, 0.15) is 0 Å². The van der Waals surface area contributed by atoms with Crippen LogP contribution in [0.3, 0.4) is 0 Å². The van der Waals surface area contributed by atoms with Gasteiger partial charge in [-0.25, -0.2) is 0 Å². The van der Waals surface area contributed by atoms with E-state index in [0.29, 0.717) is 6.04 Å². The first-order valence-corrected chi connectivity index (χ1v) is 6.55. The Morgan fingerprint density at radius 1 is 1.44 bits per heavy atom. The van der Waals surface area contributed by atoms with E-state index in [1.54, 1.807) is 12.4 Å². The van der Waals surface area contributed by atoms with E-state index in [-0.39, 0.29) is 12.0 Å². The van der Waals surface area contributed by atoms with Gasteiger partial charge in [-0.1, -0.05) is 6.42 Å². The second-order valence-corrected chi connectivity index (χ2v) is 5.07. The highest BCUT2D eigenvalue weighted by Gasteiger charge is 2.27. The minimum atomic E-state index is -0.655. The molecule has 1 aromatic rings. The molecule has 0 spiro atoms. The minimum Gasteiger partial charge on any atom is -0.481 e. The number of hydrogen-bond donors (Lipinski definition) is 2. The molecule has 0 aromatic carbocycles. The average Bonchev–Trinajstić information content (AvgIpc) is 2.40. The average molecular weight is 248 g/mol. The van der Waals surface area contributed by atoms with Crippen molar-refractivity contribution in [1.82, 2.24) is 10.3 Å². The first-order valence-electron chi connectivity index (χ1n) is 6.55. The molecule has 1 fully saturated rings. The molecule has 98 valence electrons. The van der Waals surface area contributed by atoms with Gasteiger partial charge in [0.05, 0.1) is 5.92 Å². The number of carboxylic acids is 1. The zero-order valence-corrected chi connectivity index (χ0v) is 10.7. The van der Waals surface area contributed by atoms with Crippen molar-refractivity contribution in [2.75, 3.05) is 0 Å². The van der Waals surface area contributed by atoms with Crippen molar-refractivity contribution < 1.29 is 9.90 Å². The van der Waals surface area contributed by atoms with E-state index in [4.69, 9.17) is 5.11 Å². The molecule has 3 atom stereocenters. The molecule has 0 amide bonds. The Hall–Kier alpha value is -1.42. The van der Waals surface area contributed by atoms with E-state index in [1.807, 2.05) is 12.1 Å². The molecule has 1 heterocycles. The third-order valence-electron chi connectivity index (χ3n) is 3.72. The summed E-state index contributed by atoms with van der Waals surface area (Å²) >= 11 is 0. The summed E-state index contributed by atoms with van der Waals surface area (Å²) in [5.74, 6) is -0.834. The normalized spacial score (nSPS) is 25.6. The molecule has 1 aliphatic carbocycles. The SMILES string of the molecule is C[C@@H](NC1CCCC(C(=O)O)C1)c1ccncc1. The standard InChI is InChI=1S/C14H20N2O2/c1-10(11-5-7-15-8-6-11)16-13-4-2-3-12(9-13)14(17)18/h5-8,10,12-13,16H,2-4,9H2,1H3,(H,17,18)/t10-,12?,13?/m1/s1. The summed E-state index contributed by atoms with van der Waals surface area (Å²) in [6.45, 7) is 2.11. The highest BCUT2D eigenvalue weighted by molar-refractivity contribution is 5.70. The van der Waals surface area contributed by atoms with Gasteiger partial charge < -0.3 is 10.4 Å². The molecular formula is C14H20N2O2. The van der Waals surface area contributed by atoms with Gasteiger partial charge in [0, 0.05) is 24.5 Å². The van der Waals surface area contributed by atoms with E-state index >= 15 is 0 Å². The molecule has 0 radical (unpaired) electrons. The smallest absolute Gasteiger partial charge is 0.306 e. The summed E-state index contributed by atoms with van der Waals surface area (Å²) in [7, 11) is 0. The van der Waals surface area contributed by atoms with Crippen LogP contribution in [-0.2, 0) is 4.79 Å². The zero-order chi connectivity index (χ0) is 13.0. The monoisotopic (exact) mass is 248 g/mol. The molecule has 1 aromatic heterocycles. The lowest BCUT2D eigenvalue weighted by Crippen LogP contribution is -2.37. The first-order chi connectivity index (χ1) is 8.66. The third kappa shape index (κ3) is 3.29. The predicted octanol–water partition coefficient (Wildman–Crippen LogP) is 2.38. The Labute approximate surface area is 107 Å². The molecule has 0 aliphatic heterocycles. The van der Waals surface area contributed by atoms with Crippen molar-refractivity contribution in [1.29, 1.82) is 0 Å². The number of nitrogens with zero attached hydrogens (tertiary/aromatic N) is 1. The van der Waals surface area contributed by atoms with Crippen LogP contribution in [0.25, 0.3) is 0 Å². The lowest BCUT2D eigenvalue weighted by atomic mass is 9.85. The minimum absolute atomic E-state index is 0.180. The van der Waals surface area contributed by atoms with Gasteiger partial charge in [0.2, 0.25) is 0 Å². The molecule has 1 aliphatic rings. The maximum absolute atomic E-state index is 11.0. The summed E-state index contributed by atoms with van der Waals surface area (Å²) in [5, 5.41) is 12.6. The number of rotatable bonds is 4. The molecule has 4 nitrogen and oxygen atoms in total. The molecule has 4 heteroatoms. The van der Waals surface area contributed by atoms with Crippen LogP contribution in [0, 0.1) is 5.92 Å². The summed E-state index contributed by atoms with van der Waals surface area (Å²) in [4.78, 5) is 15.0. The number of hydrogen-bond acceptors (Lipinski definition) is 3. The van der Waals surface area contributed by atoms with Crippen LogP contribution in [0.2, 0.25) is 0 Å². The number of aromatic nitrogens is 1. The second kappa shape index (κ2) is 5.96. The Balaban J connectivity index is 1.91. The van der Waals surface area contributed by atoms with Crippen LogP contribution >= 0.6 is 0 Å². The van der Waals surface area contributed by atoms with Gasteiger partial charge in [-0.15, -0.1) is 0 Å². The second-order valence-electron chi connectivity index (χ2n) is 5.07.